The van der Waals surface area contributed by atoms with E-state index in [-0.39, 0.29) is 12.0 Å². The van der Waals surface area contributed by atoms with Gasteiger partial charge in [-0.15, -0.1) is 0 Å². The van der Waals surface area contributed by atoms with Crippen molar-refractivity contribution < 1.29 is 9.53 Å². The van der Waals surface area contributed by atoms with Crippen LogP contribution in [0.2, 0.25) is 0 Å². The molecule has 0 bridgehead atoms. The van der Waals surface area contributed by atoms with Crippen molar-refractivity contribution in [2.24, 2.45) is 10.9 Å². The molecule has 2 rings (SSSR count). The summed E-state index contributed by atoms with van der Waals surface area (Å²) >= 11 is 0. The highest BCUT2D eigenvalue weighted by Crippen LogP contribution is 2.16. The highest BCUT2D eigenvalue weighted by atomic mass is 16.5. The van der Waals surface area contributed by atoms with Gasteiger partial charge < -0.3 is 19.9 Å². The summed E-state index contributed by atoms with van der Waals surface area (Å²) in [5.41, 5.74) is 0. The summed E-state index contributed by atoms with van der Waals surface area (Å²) in [5.74, 6) is 1.69. The van der Waals surface area contributed by atoms with Crippen LogP contribution in [-0.2, 0) is 9.53 Å². The average Bonchev–Trinajstić information content (AvgIpc) is 3.02. The van der Waals surface area contributed by atoms with E-state index in [0.29, 0.717) is 5.92 Å². The number of nitrogens with one attached hydrogen (secondary N) is 1. The van der Waals surface area contributed by atoms with Crippen LogP contribution in [0.4, 0.5) is 0 Å². The first-order valence-electron chi connectivity index (χ1n) is 7.97. The van der Waals surface area contributed by atoms with Crippen LogP contribution in [0.15, 0.2) is 4.99 Å². The minimum atomic E-state index is -0.199. The third-order valence-electron chi connectivity index (χ3n) is 3.98. The Morgan fingerprint density at radius 3 is 2.48 bits per heavy atom. The Labute approximate surface area is 127 Å². The van der Waals surface area contributed by atoms with Gasteiger partial charge in [-0.1, -0.05) is 13.8 Å². The number of carbonyl (C=O) groups is 1. The van der Waals surface area contributed by atoms with E-state index in [1.807, 2.05) is 11.9 Å². The maximum Gasteiger partial charge on any atom is 0.251 e. The molecular weight excluding hydrogens is 268 g/mol. The molecule has 6 heteroatoms. The van der Waals surface area contributed by atoms with E-state index >= 15 is 0 Å². The van der Waals surface area contributed by atoms with Gasteiger partial charge in [0.05, 0.1) is 0 Å². The molecule has 1 N–H and O–H groups in total. The van der Waals surface area contributed by atoms with Gasteiger partial charge in [0, 0.05) is 46.4 Å². The number of hydrogen-bond donors (Lipinski definition) is 1. The topological polar surface area (TPSA) is 57.2 Å². The van der Waals surface area contributed by atoms with Crippen molar-refractivity contribution in [3.8, 4) is 0 Å². The highest BCUT2D eigenvalue weighted by Gasteiger charge is 2.30. The van der Waals surface area contributed by atoms with Crippen LogP contribution < -0.4 is 5.32 Å². The van der Waals surface area contributed by atoms with E-state index in [1.165, 1.54) is 0 Å². The molecule has 0 aromatic rings. The molecule has 2 aliphatic rings. The second-order valence-corrected chi connectivity index (χ2v) is 6.14. The predicted molar refractivity (Wildman–Crippen MR) is 83.3 cm³/mol. The molecule has 2 fully saturated rings. The second-order valence-electron chi connectivity index (χ2n) is 6.14. The third kappa shape index (κ3) is 4.33. The normalized spacial score (nSPS) is 23.8. The maximum absolute atomic E-state index is 12.3. The summed E-state index contributed by atoms with van der Waals surface area (Å²) in [7, 11) is 1.81. The summed E-state index contributed by atoms with van der Waals surface area (Å²) in [6, 6.07) is 0. The minimum absolute atomic E-state index is 0.164. The predicted octanol–water partition coefficient (Wildman–Crippen LogP) is 0.541. The van der Waals surface area contributed by atoms with Crippen molar-refractivity contribution in [3.05, 3.63) is 0 Å². The number of hydrogen-bond acceptors (Lipinski definition) is 3. The number of ether oxygens (including phenoxy) is 1. The van der Waals surface area contributed by atoms with Gasteiger partial charge in [-0.25, -0.2) is 0 Å². The number of rotatable bonds is 3. The largest absolute Gasteiger partial charge is 0.368 e. The van der Waals surface area contributed by atoms with Crippen molar-refractivity contribution in [1.82, 2.24) is 15.1 Å². The monoisotopic (exact) mass is 296 g/mol. The fourth-order valence-electron chi connectivity index (χ4n) is 2.74. The third-order valence-corrected chi connectivity index (χ3v) is 3.98. The minimum Gasteiger partial charge on any atom is -0.368 e. The van der Waals surface area contributed by atoms with Gasteiger partial charge >= 0.3 is 0 Å². The van der Waals surface area contributed by atoms with Gasteiger partial charge in [0.1, 0.15) is 6.10 Å². The molecule has 1 amide bonds. The lowest BCUT2D eigenvalue weighted by atomic mass is 10.2. The Bertz CT molecular complexity index is 370. The standard InChI is InChI=1S/C15H28N4O2/c1-12(2)11-17-15(16-3)19-8-6-18(7-9-19)14(20)13-5-4-10-21-13/h12-13H,4-11H2,1-3H3,(H,16,17). The zero-order valence-corrected chi connectivity index (χ0v) is 13.5. The molecule has 21 heavy (non-hydrogen) atoms. The second kappa shape index (κ2) is 7.64. The average molecular weight is 296 g/mol. The molecule has 0 aliphatic carbocycles. The smallest absolute Gasteiger partial charge is 0.251 e. The van der Waals surface area contributed by atoms with E-state index in [9.17, 15) is 4.79 Å². The molecule has 6 nitrogen and oxygen atoms in total. The zero-order valence-electron chi connectivity index (χ0n) is 13.5. The SMILES string of the molecule is CN=C(NCC(C)C)N1CCN(C(=O)C2CCCO2)CC1. The maximum atomic E-state index is 12.3. The summed E-state index contributed by atoms with van der Waals surface area (Å²) < 4.78 is 5.49. The fraction of sp³-hybridized carbons (Fsp3) is 0.867. The summed E-state index contributed by atoms with van der Waals surface area (Å²) in [6.45, 7) is 9.16. The molecule has 0 aromatic carbocycles. The first-order chi connectivity index (χ1) is 10.1. The summed E-state index contributed by atoms with van der Waals surface area (Å²) in [6.07, 6.45) is 1.67. The van der Waals surface area contributed by atoms with Gasteiger partial charge in [0.15, 0.2) is 5.96 Å². The van der Waals surface area contributed by atoms with Gasteiger partial charge in [-0.05, 0) is 18.8 Å². The van der Waals surface area contributed by atoms with E-state index in [2.05, 4.69) is 29.1 Å². The molecule has 2 heterocycles. The van der Waals surface area contributed by atoms with Crippen molar-refractivity contribution in [2.75, 3.05) is 46.4 Å². The van der Waals surface area contributed by atoms with Crippen molar-refractivity contribution in [3.63, 3.8) is 0 Å². The van der Waals surface area contributed by atoms with Crippen LogP contribution >= 0.6 is 0 Å². The van der Waals surface area contributed by atoms with E-state index in [1.54, 1.807) is 0 Å². The molecule has 0 aromatic heterocycles. The van der Waals surface area contributed by atoms with Gasteiger partial charge in [-0.2, -0.15) is 0 Å². The van der Waals surface area contributed by atoms with Crippen molar-refractivity contribution in [2.45, 2.75) is 32.8 Å². The Hall–Kier alpha value is -1.30. The lowest BCUT2D eigenvalue weighted by Crippen LogP contribution is -2.55. The molecule has 2 aliphatic heterocycles. The Balaban J connectivity index is 1.80. The summed E-state index contributed by atoms with van der Waals surface area (Å²) in [4.78, 5) is 20.8. The number of guanidine groups is 1. The Morgan fingerprint density at radius 2 is 1.95 bits per heavy atom. The number of amides is 1. The lowest BCUT2D eigenvalue weighted by molar-refractivity contribution is -0.142. The molecule has 2 saturated heterocycles. The molecule has 0 radical (unpaired) electrons. The van der Waals surface area contributed by atoms with Crippen LogP contribution in [0, 0.1) is 5.92 Å². The number of piperazine rings is 1. The molecule has 0 saturated carbocycles. The Morgan fingerprint density at radius 1 is 1.29 bits per heavy atom. The van der Waals surface area contributed by atoms with Crippen LogP contribution in [0.1, 0.15) is 26.7 Å². The van der Waals surface area contributed by atoms with Crippen LogP contribution in [0.25, 0.3) is 0 Å². The number of carbonyl (C=O) groups excluding carboxylic acids is 1. The zero-order chi connectivity index (χ0) is 15.2. The van der Waals surface area contributed by atoms with E-state index in [4.69, 9.17) is 4.74 Å². The van der Waals surface area contributed by atoms with E-state index < -0.39 is 0 Å². The van der Waals surface area contributed by atoms with Gasteiger partial charge in [-0.3, -0.25) is 9.79 Å². The Kier molecular flexibility index (Phi) is 5.85. The molecule has 1 unspecified atom stereocenters. The first kappa shape index (κ1) is 16.1. The van der Waals surface area contributed by atoms with Crippen LogP contribution in [-0.4, -0.2) is 74.1 Å². The highest BCUT2D eigenvalue weighted by molar-refractivity contribution is 5.82. The van der Waals surface area contributed by atoms with Crippen LogP contribution in [0.3, 0.4) is 0 Å². The molecule has 0 spiro atoms. The quantitative estimate of drug-likeness (QED) is 0.610. The number of aliphatic imine (C=N–C) groups is 1. The van der Waals surface area contributed by atoms with Gasteiger partial charge in [0.2, 0.25) is 0 Å². The van der Waals surface area contributed by atoms with Crippen molar-refractivity contribution >= 4 is 11.9 Å². The molecular formula is C15H28N4O2. The van der Waals surface area contributed by atoms with Crippen molar-refractivity contribution in [1.29, 1.82) is 0 Å². The first-order valence-corrected chi connectivity index (χ1v) is 7.97. The lowest BCUT2D eigenvalue weighted by Gasteiger charge is -2.37. The number of nitrogens with zero attached hydrogens (tertiary/aromatic N) is 3. The summed E-state index contributed by atoms with van der Waals surface area (Å²) in [5, 5.41) is 3.39. The fourth-order valence-corrected chi connectivity index (χ4v) is 2.74. The van der Waals surface area contributed by atoms with Crippen LogP contribution in [0.5, 0.6) is 0 Å². The molecule has 1 atom stereocenters. The van der Waals surface area contributed by atoms with E-state index in [0.717, 1.165) is 58.1 Å². The molecule has 120 valence electrons. The van der Waals surface area contributed by atoms with Gasteiger partial charge in [0.25, 0.3) is 5.91 Å².